The lowest BCUT2D eigenvalue weighted by Gasteiger charge is -2.19. The first-order valence-corrected chi connectivity index (χ1v) is 8.71. The third-order valence-corrected chi connectivity index (χ3v) is 4.04. The molecular formula is C21H28O4. The van der Waals surface area contributed by atoms with Crippen LogP contribution in [-0.4, -0.2) is 29.5 Å². The van der Waals surface area contributed by atoms with Crippen LogP contribution >= 0.6 is 0 Å². The minimum atomic E-state index is -0.663. The van der Waals surface area contributed by atoms with Gasteiger partial charge in [0.2, 0.25) is 0 Å². The van der Waals surface area contributed by atoms with Crippen molar-refractivity contribution in [1.82, 2.24) is 0 Å². The third-order valence-electron chi connectivity index (χ3n) is 4.04. The van der Waals surface area contributed by atoms with E-state index < -0.39 is 12.2 Å². The second-order valence-corrected chi connectivity index (χ2v) is 6.47. The monoisotopic (exact) mass is 344 g/mol. The lowest BCUT2D eigenvalue weighted by molar-refractivity contribution is -0.00439. The minimum Gasteiger partial charge on any atom is -0.386 e. The second kappa shape index (κ2) is 9.68. The van der Waals surface area contributed by atoms with Gasteiger partial charge < -0.3 is 19.7 Å². The molecule has 2 N–H and O–H groups in total. The SMILES string of the molecule is CC(C)OCC(O)c1cccc(C(C)OC[C@H](O)c2ccccc2)c1. The number of ether oxygens (including phenoxy) is 2. The van der Waals surface area contributed by atoms with E-state index in [1.807, 2.05) is 75.4 Å². The summed E-state index contributed by atoms with van der Waals surface area (Å²) in [6, 6.07) is 17.1. The molecule has 0 aliphatic carbocycles. The van der Waals surface area contributed by atoms with E-state index >= 15 is 0 Å². The average molecular weight is 344 g/mol. The molecule has 0 aliphatic heterocycles. The zero-order valence-electron chi connectivity index (χ0n) is 15.1. The molecule has 0 amide bonds. The van der Waals surface area contributed by atoms with Crippen molar-refractivity contribution in [3.8, 4) is 0 Å². The van der Waals surface area contributed by atoms with Crippen LogP contribution in [0.25, 0.3) is 0 Å². The minimum absolute atomic E-state index is 0.0829. The Bertz CT molecular complexity index is 627. The summed E-state index contributed by atoms with van der Waals surface area (Å²) < 4.78 is 11.3. The van der Waals surface area contributed by atoms with E-state index in [2.05, 4.69) is 0 Å². The van der Waals surface area contributed by atoms with Crippen LogP contribution in [0.3, 0.4) is 0 Å². The lowest BCUT2D eigenvalue weighted by Crippen LogP contribution is -2.13. The van der Waals surface area contributed by atoms with Gasteiger partial charge >= 0.3 is 0 Å². The maximum absolute atomic E-state index is 10.2. The predicted molar refractivity (Wildman–Crippen MR) is 98.3 cm³/mol. The molecule has 25 heavy (non-hydrogen) atoms. The average Bonchev–Trinajstić information content (AvgIpc) is 2.64. The topological polar surface area (TPSA) is 58.9 Å². The van der Waals surface area contributed by atoms with Crippen molar-refractivity contribution in [3.63, 3.8) is 0 Å². The van der Waals surface area contributed by atoms with Gasteiger partial charge in [-0.2, -0.15) is 0 Å². The first-order chi connectivity index (χ1) is 12.0. The quantitative estimate of drug-likeness (QED) is 0.723. The summed E-state index contributed by atoms with van der Waals surface area (Å²) in [4.78, 5) is 0. The lowest BCUT2D eigenvalue weighted by atomic mass is 10.0. The molecule has 2 aromatic rings. The number of benzene rings is 2. The molecule has 0 fully saturated rings. The summed E-state index contributed by atoms with van der Waals surface area (Å²) in [5.41, 5.74) is 2.60. The normalized spacial score (nSPS) is 15.1. The van der Waals surface area contributed by atoms with Crippen LogP contribution in [0.4, 0.5) is 0 Å². The Labute approximate surface area is 150 Å². The van der Waals surface area contributed by atoms with Crippen molar-refractivity contribution in [1.29, 1.82) is 0 Å². The van der Waals surface area contributed by atoms with Gasteiger partial charge in [-0.1, -0.05) is 54.6 Å². The van der Waals surface area contributed by atoms with Crippen molar-refractivity contribution in [3.05, 3.63) is 71.3 Å². The smallest absolute Gasteiger partial charge is 0.102 e. The molecule has 0 aliphatic rings. The van der Waals surface area contributed by atoms with E-state index in [-0.39, 0.29) is 25.4 Å². The van der Waals surface area contributed by atoms with Gasteiger partial charge in [0.15, 0.2) is 0 Å². The molecular weight excluding hydrogens is 316 g/mol. The molecule has 0 saturated carbocycles. The van der Waals surface area contributed by atoms with E-state index in [0.29, 0.717) is 0 Å². The standard InChI is InChI=1S/C21H28O4/c1-15(2)24-13-21(23)19-11-7-10-18(12-19)16(3)25-14-20(22)17-8-5-4-6-9-17/h4-12,15-16,20-23H,13-14H2,1-3H3/t16?,20-,21?/m0/s1. The highest BCUT2D eigenvalue weighted by molar-refractivity contribution is 5.26. The van der Waals surface area contributed by atoms with Crippen LogP contribution in [0.2, 0.25) is 0 Å². The number of aliphatic hydroxyl groups excluding tert-OH is 2. The van der Waals surface area contributed by atoms with Crippen molar-refractivity contribution < 1.29 is 19.7 Å². The summed E-state index contributed by atoms with van der Waals surface area (Å²) in [7, 11) is 0. The van der Waals surface area contributed by atoms with Crippen LogP contribution in [0.15, 0.2) is 54.6 Å². The Morgan fingerprint density at radius 3 is 1.96 bits per heavy atom. The Hall–Kier alpha value is -1.72. The Morgan fingerprint density at radius 1 is 0.720 bits per heavy atom. The van der Waals surface area contributed by atoms with Gasteiger partial charge in [0, 0.05) is 0 Å². The summed E-state index contributed by atoms with van der Waals surface area (Å²) >= 11 is 0. The summed E-state index contributed by atoms with van der Waals surface area (Å²) in [6.45, 7) is 6.31. The van der Waals surface area contributed by atoms with Crippen molar-refractivity contribution in [2.45, 2.75) is 45.2 Å². The zero-order valence-corrected chi connectivity index (χ0v) is 15.1. The fraction of sp³-hybridized carbons (Fsp3) is 0.429. The molecule has 0 spiro atoms. The van der Waals surface area contributed by atoms with E-state index in [0.717, 1.165) is 16.7 Å². The van der Waals surface area contributed by atoms with Gasteiger partial charge in [-0.15, -0.1) is 0 Å². The van der Waals surface area contributed by atoms with Gasteiger partial charge in [-0.05, 0) is 37.5 Å². The molecule has 2 aromatic carbocycles. The summed E-state index contributed by atoms with van der Waals surface area (Å²) in [5, 5.41) is 20.4. The molecule has 136 valence electrons. The highest BCUT2D eigenvalue weighted by Crippen LogP contribution is 2.23. The molecule has 2 unspecified atom stereocenters. The van der Waals surface area contributed by atoms with E-state index in [1.54, 1.807) is 0 Å². The molecule has 0 saturated heterocycles. The fourth-order valence-corrected chi connectivity index (χ4v) is 2.50. The highest BCUT2D eigenvalue weighted by Gasteiger charge is 2.14. The molecule has 0 radical (unpaired) electrons. The van der Waals surface area contributed by atoms with Crippen molar-refractivity contribution in [2.24, 2.45) is 0 Å². The predicted octanol–water partition coefficient (Wildman–Crippen LogP) is 3.96. The van der Waals surface area contributed by atoms with Gasteiger partial charge in [-0.3, -0.25) is 0 Å². The number of hydrogen-bond acceptors (Lipinski definition) is 4. The van der Waals surface area contributed by atoms with Crippen LogP contribution in [0, 0.1) is 0 Å². The Morgan fingerprint density at radius 2 is 1.28 bits per heavy atom. The second-order valence-electron chi connectivity index (χ2n) is 6.47. The molecule has 3 atom stereocenters. The summed E-state index contributed by atoms with van der Waals surface area (Å²) in [5.74, 6) is 0. The maximum Gasteiger partial charge on any atom is 0.102 e. The first-order valence-electron chi connectivity index (χ1n) is 8.71. The van der Waals surface area contributed by atoms with E-state index in [9.17, 15) is 10.2 Å². The summed E-state index contributed by atoms with van der Waals surface area (Å²) in [6.07, 6.45) is -1.42. The molecule has 0 heterocycles. The van der Waals surface area contributed by atoms with E-state index in [1.165, 1.54) is 0 Å². The zero-order chi connectivity index (χ0) is 18.2. The van der Waals surface area contributed by atoms with Gasteiger partial charge in [-0.25, -0.2) is 0 Å². The molecule has 2 rings (SSSR count). The van der Waals surface area contributed by atoms with Gasteiger partial charge in [0.1, 0.15) is 12.2 Å². The molecule has 0 aromatic heterocycles. The van der Waals surface area contributed by atoms with Crippen LogP contribution in [0.1, 0.15) is 55.8 Å². The third kappa shape index (κ3) is 6.25. The van der Waals surface area contributed by atoms with Gasteiger partial charge in [0.25, 0.3) is 0 Å². The number of hydrogen-bond donors (Lipinski definition) is 2. The molecule has 4 heteroatoms. The molecule has 4 nitrogen and oxygen atoms in total. The van der Waals surface area contributed by atoms with Crippen LogP contribution in [0.5, 0.6) is 0 Å². The van der Waals surface area contributed by atoms with Crippen LogP contribution < -0.4 is 0 Å². The first kappa shape index (κ1) is 19.6. The fourth-order valence-electron chi connectivity index (χ4n) is 2.50. The maximum atomic E-state index is 10.2. The van der Waals surface area contributed by atoms with Crippen molar-refractivity contribution >= 4 is 0 Å². The van der Waals surface area contributed by atoms with Crippen LogP contribution in [-0.2, 0) is 9.47 Å². The van der Waals surface area contributed by atoms with Gasteiger partial charge in [0.05, 0.1) is 25.4 Å². The Kier molecular flexibility index (Phi) is 7.59. The number of rotatable bonds is 9. The number of aliphatic hydroxyl groups is 2. The largest absolute Gasteiger partial charge is 0.386 e. The highest BCUT2D eigenvalue weighted by atomic mass is 16.5. The van der Waals surface area contributed by atoms with Crippen molar-refractivity contribution in [2.75, 3.05) is 13.2 Å². The van der Waals surface area contributed by atoms with E-state index in [4.69, 9.17) is 9.47 Å². The molecule has 0 bridgehead atoms. The Balaban J connectivity index is 1.93.